The van der Waals surface area contributed by atoms with Gasteiger partial charge in [-0.15, -0.1) is 0 Å². The number of unbranched alkanes of at least 4 members (excludes halogenated alkanes) is 3. The highest BCUT2D eigenvalue weighted by Gasteiger charge is 2.21. The molecule has 0 saturated heterocycles. The second kappa shape index (κ2) is 9.35. The van der Waals surface area contributed by atoms with E-state index in [-0.39, 0.29) is 0 Å². The van der Waals surface area contributed by atoms with Crippen LogP contribution in [0.2, 0.25) is 0 Å². The number of nitrogens with zero attached hydrogens (tertiary/aromatic N) is 1. The van der Waals surface area contributed by atoms with E-state index in [0.717, 1.165) is 41.7 Å². The van der Waals surface area contributed by atoms with Crippen LogP contribution in [0.25, 0.3) is 16.8 Å². The van der Waals surface area contributed by atoms with Crippen LogP contribution in [0.15, 0.2) is 78.9 Å². The molecule has 161 valence electrons. The van der Waals surface area contributed by atoms with Gasteiger partial charge in [0.25, 0.3) is 0 Å². The largest absolute Gasteiger partial charge is 0.450 e. The third-order valence-electron chi connectivity index (χ3n) is 5.99. The predicted octanol–water partition coefficient (Wildman–Crippen LogP) is 7.85. The van der Waals surface area contributed by atoms with Gasteiger partial charge in [0.1, 0.15) is 0 Å². The summed E-state index contributed by atoms with van der Waals surface area (Å²) in [5.74, 6) is 2.99. The van der Waals surface area contributed by atoms with Crippen molar-refractivity contribution in [3.05, 3.63) is 90.5 Å². The lowest BCUT2D eigenvalue weighted by molar-refractivity contribution is 0.360. The zero-order chi connectivity index (χ0) is 21.8. The van der Waals surface area contributed by atoms with Crippen LogP contribution in [0.5, 0.6) is 23.0 Å². The number of hydrogen-bond acceptors (Lipinski definition) is 3. The molecular formula is C29H28NO2. The monoisotopic (exact) mass is 422 g/mol. The Balaban J connectivity index is 1.45. The first-order chi connectivity index (χ1) is 15.8. The van der Waals surface area contributed by atoms with Crippen molar-refractivity contribution in [3.63, 3.8) is 0 Å². The smallest absolute Gasteiger partial charge is 0.170 e. The summed E-state index contributed by atoms with van der Waals surface area (Å²) in [6.45, 7) is 4.24. The van der Waals surface area contributed by atoms with E-state index >= 15 is 0 Å². The third kappa shape index (κ3) is 4.16. The number of benzene rings is 3. The van der Waals surface area contributed by atoms with Crippen LogP contribution >= 0.6 is 0 Å². The molecule has 0 atom stereocenters. The fourth-order valence-electron chi connectivity index (χ4n) is 4.32. The van der Waals surface area contributed by atoms with Crippen molar-refractivity contribution < 1.29 is 9.47 Å². The Labute approximate surface area is 190 Å². The van der Waals surface area contributed by atoms with Gasteiger partial charge in [0, 0.05) is 24.7 Å². The molecule has 0 spiro atoms. The van der Waals surface area contributed by atoms with Gasteiger partial charge in [-0.1, -0.05) is 80.8 Å². The number of fused-ring (bicyclic) bond motifs is 2. The molecule has 3 nitrogen and oxygen atoms in total. The van der Waals surface area contributed by atoms with Crippen LogP contribution < -0.4 is 9.47 Å². The molecule has 2 heterocycles. The summed E-state index contributed by atoms with van der Waals surface area (Å²) in [7, 11) is 0. The fraction of sp³-hybridized carbons (Fsp3) is 0.241. The van der Waals surface area contributed by atoms with Gasteiger partial charge in [0.05, 0.1) is 5.70 Å². The van der Waals surface area contributed by atoms with Crippen LogP contribution in [0.1, 0.15) is 38.2 Å². The number of ether oxygens (including phenoxy) is 2. The first-order valence-corrected chi connectivity index (χ1v) is 11.6. The SMILES string of the molecule is CCCCCCN1CC=C[C]=C1c1ccccc1-c1ccc2c(c1)Oc1ccccc1O2. The lowest BCUT2D eigenvalue weighted by Crippen LogP contribution is -2.25. The molecule has 3 heteroatoms. The molecule has 3 aromatic rings. The molecule has 5 rings (SSSR count). The molecule has 0 aliphatic carbocycles. The minimum Gasteiger partial charge on any atom is -0.450 e. The number of para-hydroxylation sites is 2. The van der Waals surface area contributed by atoms with Crippen molar-refractivity contribution in [1.82, 2.24) is 4.90 Å². The first kappa shape index (κ1) is 20.4. The quantitative estimate of drug-likeness (QED) is 0.283. The van der Waals surface area contributed by atoms with Crippen LogP contribution in [-0.2, 0) is 0 Å². The predicted molar refractivity (Wildman–Crippen MR) is 130 cm³/mol. The van der Waals surface area contributed by atoms with Gasteiger partial charge in [-0.2, -0.15) is 0 Å². The lowest BCUT2D eigenvalue weighted by atomic mass is 9.95. The normalized spacial score (nSPS) is 14.2. The Bertz CT molecular complexity index is 1160. The van der Waals surface area contributed by atoms with Gasteiger partial charge in [0.2, 0.25) is 0 Å². The summed E-state index contributed by atoms with van der Waals surface area (Å²) in [5.41, 5.74) is 4.65. The highest BCUT2D eigenvalue weighted by atomic mass is 16.6. The van der Waals surface area contributed by atoms with Crippen LogP contribution in [0.3, 0.4) is 0 Å². The molecule has 0 N–H and O–H groups in total. The second-order valence-corrected chi connectivity index (χ2v) is 8.26. The highest BCUT2D eigenvalue weighted by Crippen LogP contribution is 2.46. The zero-order valence-electron chi connectivity index (χ0n) is 18.5. The molecule has 2 aliphatic heterocycles. The Morgan fingerprint density at radius 1 is 0.781 bits per heavy atom. The summed E-state index contributed by atoms with van der Waals surface area (Å²) in [4.78, 5) is 2.45. The molecule has 2 aliphatic rings. The van der Waals surface area contributed by atoms with E-state index in [1.807, 2.05) is 30.3 Å². The molecule has 0 bridgehead atoms. The average molecular weight is 423 g/mol. The van der Waals surface area contributed by atoms with E-state index in [1.165, 1.54) is 42.5 Å². The summed E-state index contributed by atoms with van der Waals surface area (Å²) in [6, 6.07) is 22.5. The van der Waals surface area contributed by atoms with Crippen LogP contribution in [-0.4, -0.2) is 18.0 Å². The van der Waals surface area contributed by atoms with Gasteiger partial charge < -0.3 is 14.4 Å². The summed E-state index contributed by atoms with van der Waals surface area (Å²) in [6.07, 6.45) is 12.8. The van der Waals surface area contributed by atoms with Crippen LogP contribution in [0.4, 0.5) is 0 Å². The maximum atomic E-state index is 6.15. The minimum atomic E-state index is 0.744. The van der Waals surface area contributed by atoms with Gasteiger partial charge >= 0.3 is 0 Å². The van der Waals surface area contributed by atoms with Gasteiger partial charge in [-0.05, 0) is 41.8 Å². The maximum absolute atomic E-state index is 6.15. The van der Waals surface area contributed by atoms with Crippen LogP contribution in [0, 0.1) is 6.08 Å². The van der Waals surface area contributed by atoms with Crippen molar-refractivity contribution >= 4 is 5.70 Å². The van der Waals surface area contributed by atoms with Gasteiger partial charge in [-0.25, -0.2) is 0 Å². The minimum absolute atomic E-state index is 0.744. The Kier molecular flexibility index (Phi) is 5.98. The van der Waals surface area contributed by atoms with E-state index in [9.17, 15) is 0 Å². The van der Waals surface area contributed by atoms with E-state index < -0.39 is 0 Å². The number of rotatable bonds is 7. The third-order valence-corrected chi connectivity index (χ3v) is 5.99. The van der Waals surface area contributed by atoms with E-state index in [0.29, 0.717) is 0 Å². The molecule has 1 radical (unpaired) electrons. The topological polar surface area (TPSA) is 21.7 Å². The van der Waals surface area contributed by atoms with Crippen molar-refractivity contribution in [3.8, 4) is 34.1 Å². The van der Waals surface area contributed by atoms with Crippen molar-refractivity contribution in [1.29, 1.82) is 0 Å². The average Bonchev–Trinajstić information content (AvgIpc) is 2.85. The lowest BCUT2D eigenvalue weighted by Gasteiger charge is -2.29. The molecule has 32 heavy (non-hydrogen) atoms. The molecule has 0 amide bonds. The summed E-state index contributed by atoms with van der Waals surface area (Å²) < 4.78 is 12.2. The highest BCUT2D eigenvalue weighted by molar-refractivity contribution is 5.82. The molecule has 0 saturated carbocycles. The molecule has 0 aromatic heterocycles. The molecular weight excluding hydrogens is 394 g/mol. The second-order valence-electron chi connectivity index (χ2n) is 8.26. The molecule has 3 aromatic carbocycles. The Hall–Kier alpha value is -3.46. The number of allylic oxidation sites excluding steroid dienone is 2. The first-order valence-electron chi connectivity index (χ1n) is 11.6. The van der Waals surface area contributed by atoms with Crippen molar-refractivity contribution in [2.24, 2.45) is 0 Å². The van der Waals surface area contributed by atoms with E-state index in [1.54, 1.807) is 0 Å². The van der Waals surface area contributed by atoms with Crippen molar-refractivity contribution in [2.45, 2.75) is 32.6 Å². The molecule has 0 unspecified atom stereocenters. The van der Waals surface area contributed by atoms with E-state index in [4.69, 9.17) is 9.47 Å². The zero-order valence-corrected chi connectivity index (χ0v) is 18.5. The maximum Gasteiger partial charge on any atom is 0.170 e. The standard InChI is InChI=1S/C29H28NO2/c1-2-3-4-10-19-30-20-11-9-14-25(30)24-13-6-5-12-23(24)22-17-18-28-29(21-22)32-27-16-8-7-15-26(27)31-28/h5-9,11-13,15-18,21H,2-4,10,19-20H2,1H3. The Morgan fingerprint density at radius 2 is 1.50 bits per heavy atom. The fourth-order valence-corrected chi connectivity index (χ4v) is 4.32. The number of hydrogen-bond donors (Lipinski definition) is 0. The Morgan fingerprint density at radius 3 is 2.31 bits per heavy atom. The van der Waals surface area contributed by atoms with Gasteiger partial charge in [0.15, 0.2) is 23.0 Å². The summed E-state index contributed by atoms with van der Waals surface area (Å²) >= 11 is 0. The molecule has 0 fully saturated rings. The van der Waals surface area contributed by atoms with E-state index in [2.05, 4.69) is 66.4 Å². The summed E-state index contributed by atoms with van der Waals surface area (Å²) in [5, 5.41) is 0. The van der Waals surface area contributed by atoms with Gasteiger partial charge in [-0.3, -0.25) is 0 Å². The van der Waals surface area contributed by atoms with Crippen molar-refractivity contribution in [2.75, 3.05) is 13.1 Å².